The van der Waals surface area contributed by atoms with Crippen molar-refractivity contribution in [2.75, 3.05) is 0 Å². The van der Waals surface area contributed by atoms with E-state index in [0.717, 1.165) is 18.6 Å². The standard InChI is InChI=1S/C11H17O2/c1-2-3-4-5-6-7-8-10-11(9-12)13-10/h2-8H2,1H3. The summed E-state index contributed by atoms with van der Waals surface area (Å²) in [4.78, 5) is 10.0. The van der Waals surface area contributed by atoms with Gasteiger partial charge in [0.2, 0.25) is 5.76 Å². The summed E-state index contributed by atoms with van der Waals surface area (Å²) in [6.45, 7) is 2.22. The van der Waals surface area contributed by atoms with Gasteiger partial charge in [-0.05, 0) is 6.42 Å². The van der Waals surface area contributed by atoms with E-state index < -0.39 is 0 Å². The van der Waals surface area contributed by atoms with Crippen molar-refractivity contribution in [3.05, 3.63) is 11.5 Å². The molecule has 0 amide bonds. The van der Waals surface area contributed by atoms with Crippen molar-refractivity contribution < 1.29 is 9.53 Å². The molecule has 1 heterocycles. The van der Waals surface area contributed by atoms with Gasteiger partial charge < -0.3 is 4.74 Å². The number of hydrogen-bond donors (Lipinski definition) is 0. The summed E-state index contributed by atoms with van der Waals surface area (Å²) in [5.41, 5.74) is 0. The molecule has 1 aliphatic heterocycles. The Kier molecular flexibility index (Phi) is 4.58. The summed E-state index contributed by atoms with van der Waals surface area (Å²) in [6, 6.07) is 0. The first-order chi connectivity index (χ1) is 6.38. The summed E-state index contributed by atoms with van der Waals surface area (Å²) in [5, 5.41) is 0. The van der Waals surface area contributed by atoms with Gasteiger partial charge in [-0.1, -0.05) is 39.0 Å². The van der Waals surface area contributed by atoms with E-state index in [1.165, 1.54) is 32.1 Å². The monoisotopic (exact) mass is 181 g/mol. The van der Waals surface area contributed by atoms with E-state index in [2.05, 4.69) is 6.92 Å². The van der Waals surface area contributed by atoms with Crippen molar-refractivity contribution in [2.45, 2.75) is 51.9 Å². The molecular weight excluding hydrogens is 164 g/mol. The van der Waals surface area contributed by atoms with E-state index >= 15 is 0 Å². The zero-order valence-corrected chi connectivity index (χ0v) is 8.27. The van der Waals surface area contributed by atoms with Crippen molar-refractivity contribution in [3.8, 4) is 0 Å². The maximum Gasteiger partial charge on any atom is 0.275 e. The highest BCUT2D eigenvalue weighted by Crippen LogP contribution is 2.28. The second-order valence-corrected chi connectivity index (χ2v) is 3.47. The van der Waals surface area contributed by atoms with Gasteiger partial charge in [0.25, 0.3) is 6.29 Å². The highest BCUT2D eigenvalue weighted by molar-refractivity contribution is 5.76. The lowest BCUT2D eigenvalue weighted by Crippen LogP contribution is -1.78. The topological polar surface area (TPSA) is 29.6 Å². The molecule has 0 saturated carbocycles. The van der Waals surface area contributed by atoms with Gasteiger partial charge in [-0.3, -0.25) is 4.79 Å². The molecule has 2 heteroatoms. The molecule has 73 valence electrons. The average Bonchev–Trinajstić information content (AvgIpc) is 2.90. The highest BCUT2D eigenvalue weighted by Gasteiger charge is 2.23. The summed E-state index contributed by atoms with van der Waals surface area (Å²) in [6.07, 6.45) is 10.4. The van der Waals surface area contributed by atoms with Gasteiger partial charge in [0.05, 0.1) is 0 Å². The van der Waals surface area contributed by atoms with Crippen molar-refractivity contribution in [2.24, 2.45) is 0 Å². The third-order valence-corrected chi connectivity index (χ3v) is 2.29. The van der Waals surface area contributed by atoms with Crippen LogP contribution in [0.2, 0.25) is 0 Å². The number of hydrogen-bond acceptors (Lipinski definition) is 2. The van der Waals surface area contributed by atoms with Crippen molar-refractivity contribution in [3.63, 3.8) is 0 Å². The first-order valence-electron chi connectivity index (χ1n) is 5.17. The molecule has 0 fully saturated rings. The molecule has 0 aromatic heterocycles. The average molecular weight is 181 g/mol. The van der Waals surface area contributed by atoms with Crippen molar-refractivity contribution in [1.82, 2.24) is 0 Å². The summed E-state index contributed by atoms with van der Waals surface area (Å²) < 4.78 is 4.90. The number of ether oxygens (including phenoxy) is 1. The molecular formula is C11H17O2. The fourth-order valence-corrected chi connectivity index (χ4v) is 1.41. The van der Waals surface area contributed by atoms with Crippen molar-refractivity contribution >= 4 is 6.29 Å². The number of allylic oxidation sites excluding steroid dienone is 2. The molecule has 1 radical (unpaired) electrons. The minimum Gasteiger partial charge on any atom is -0.450 e. The van der Waals surface area contributed by atoms with Gasteiger partial charge in [-0.25, -0.2) is 0 Å². The molecule has 0 aromatic rings. The van der Waals surface area contributed by atoms with Crippen LogP contribution < -0.4 is 0 Å². The molecule has 13 heavy (non-hydrogen) atoms. The molecule has 2 nitrogen and oxygen atoms in total. The molecule has 0 aliphatic carbocycles. The van der Waals surface area contributed by atoms with Gasteiger partial charge in [0.1, 0.15) is 0 Å². The highest BCUT2D eigenvalue weighted by atomic mass is 16.6. The van der Waals surface area contributed by atoms with Crippen LogP contribution in [0.1, 0.15) is 51.9 Å². The van der Waals surface area contributed by atoms with Crippen LogP contribution in [-0.2, 0) is 9.53 Å². The number of unbranched alkanes of at least 4 members (excludes halogenated alkanes) is 5. The maximum absolute atomic E-state index is 10.0. The second kappa shape index (κ2) is 5.79. The Morgan fingerprint density at radius 2 is 1.85 bits per heavy atom. The van der Waals surface area contributed by atoms with Crippen LogP contribution in [0.4, 0.5) is 0 Å². The number of rotatable bonds is 8. The Bertz CT molecular complexity index is 194. The van der Waals surface area contributed by atoms with E-state index in [1.54, 1.807) is 6.29 Å². The summed E-state index contributed by atoms with van der Waals surface area (Å²) >= 11 is 0. The first kappa shape index (κ1) is 10.3. The minimum absolute atomic E-state index is 0.452. The van der Waals surface area contributed by atoms with E-state index in [1.807, 2.05) is 0 Å². The fourth-order valence-electron chi connectivity index (χ4n) is 1.41. The van der Waals surface area contributed by atoms with Crippen LogP contribution >= 0.6 is 0 Å². The van der Waals surface area contributed by atoms with Crippen LogP contribution in [-0.4, -0.2) is 6.29 Å². The largest absolute Gasteiger partial charge is 0.450 e. The Balaban J connectivity index is 1.85. The Hall–Kier alpha value is -0.790. The summed E-state index contributed by atoms with van der Waals surface area (Å²) in [7, 11) is 0. The lowest BCUT2D eigenvalue weighted by atomic mass is 10.1. The third kappa shape index (κ3) is 4.11. The van der Waals surface area contributed by atoms with Gasteiger partial charge >= 0.3 is 0 Å². The van der Waals surface area contributed by atoms with Gasteiger partial charge in [-0.2, -0.15) is 0 Å². The molecule has 0 atom stereocenters. The van der Waals surface area contributed by atoms with Crippen molar-refractivity contribution in [1.29, 1.82) is 0 Å². The first-order valence-corrected chi connectivity index (χ1v) is 5.17. The van der Waals surface area contributed by atoms with E-state index in [9.17, 15) is 4.79 Å². The van der Waals surface area contributed by atoms with E-state index in [-0.39, 0.29) is 0 Å². The van der Waals surface area contributed by atoms with Crippen LogP contribution in [0.3, 0.4) is 0 Å². The second-order valence-electron chi connectivity index (χ2n) is 3.47. The Morgan fingerprint density at radius 1 is 1.15 bits per heavy atom. The smallest absolute Gasteiger partial charge is 0.275 e. The van der Waals surface area contributed by atoms with Crippen LogP contribution in [0.15, 0.2) is 11.5 Å². The van der Waals surface area contributed by atoms with Gasteiger partial charge in [0, 0.05) is 6.42 Å². The normalized spacial score (nSPS) is 14.2. The zero-order valence-electron chi connectivity index (χ0n) is 8.27. The van der Waals surface area contributed by atoms with Gasteiger partial charge in [-0.15, -0.1) is 0 Å². The van der Waals surface area contributed by atoms with E-state index in [4.69, 9.17) is 4.74 Å². The third-order valence-electron chi connectivity index (χ3n) is 2.29. The maximum atomic E-state index is 10.0. The Morgan fingerprint density at radius 3 is 2.46 bits per heavy atom. The van der Waals surface area contributed by atoms with Crippen LogP contribution in [0.5, 0.6) is 0 Å². The zero-order chi connectivity index (χ0) is 9.52. The molecule has 0 aromatic carbocycles. The SMILES string of the molecule is CCCCCCCCC1=C([C]=O)O1. The molecule has 1 rings (SSSR count). The Labute approximate surface area is 80.0 Å². The summed E-state index contributed by atoms with van der Waals surface area (Å²) in [5.74, 6) is 1.32. The van der Waals surface area contributed by atoms with Crippen LogP contribution in [0.25, 0.3) is 0 Å². The van der Waals surface area contributed by atoms with Gasteiger partial charge in [0.15, 0.2) is 5.76 Å². The molecule has 0 unspecified atom stereocenters. The molecule has 1 aliphatic rings. The quantitative estimate of drug-likeness (QED) is 0.538. The molecule has 0 bridgehead atoms. The lowest BCUT2D eigenvalue weighted by Gasteiger charge is -1.96. The lowest BCUT2D eigenvalue weighted by molar-refractivity contribution is 0.450. The van der Waals surface area contributed by atoms with E-state index in [0.29, 0.717) is 5.76 Å². The minimum atomic E-state index is 0.452. The fraction of sp³-hybridized carbons (Fsp3) is 0.727. The molecule has 0 saturated heterocycles. The molecule has 0 N–H and O–H groups in total. The number of carbonyl (C=O) groups excluding carboxylic acids is 1. The van der Waals surface area contributed by atoms with Crippen LogP contribution in [0, 0.1) is 0 Å². The molecule has 0 spiro atoms. The predicted octanol–water partition coefficient (Wildman–Crippen LogP) is 3.09. The predicted molar refractivity (Wildman–Crippen MR) is 51.8 cm³/mol.